The predicted octanol–water partition coefficient (Wildman–Crippen LogP) is 2.76. The minimum absolute atomic E-state index is 0.000368. The third-order valence-corrected chi connectivity index (χ3v) is 2.79. The van der Waals surface area contributed by atoms with Gasteiger partial charge in [0.05, 0.1) is 16.8 Å². The lowest BCUT2D eigenvalue weighted by Gasteiger charge is -2.04. The molecule has 0 fully saturated rings. The Labute approximate surface area is 119 Å². The second-order valence-electron chi connectivity index (χ2n) is 4.68. The number of carbonyl (C=O) groups excluding carboxylic acids is 1. The molecule has 0 saturated carbocycles. The van der Waals surface area contributed by atoms with Crippen molar-refractivity contribution in [2.45, 2.75) is 19.9 Å². The molecule has 1 N–H and O–H groups in total. The Hall–Kier alpha value is -2.77. The zero-order valence-corrected chi connectivity index (χ0v) is 11.4. The fourth-order valence-electron chi connectivity index (χ4n) is 1.68. The van der Waals surface area contributed by atoms with Crippen LogP contribution in [0.1, 0.15) is 30.2 Å². The van der Waals surface area contributed by atoms with E-state index in [0.717, 1.165) is 12.1 Å². The van der Waals surface area contributed by atoms with Crippen molar-refractivity contribution in [2.75, 3.05) is 5.32 Å². The monoisotopic (exact) mass is 292 g/mol. The number of halogens is 1. The van der Waals surface area contributed by atoms with Crippen molar-refractivity contribution in [3.8, 4) is 0 Å². The first-order valence-electron chi connectivity index (χ1n) is 6.18. The van der Waals surface area contributed by atoms with E-state index in [1.807, 2.05) is 13.8 Å². The van der Waals surface area contributed by atoms with E-state index in [0.29, 0.717) is 5.69 Å². The average molecular weight is 292 g/mol. The molecule has 1 aromatic carbocycles. The first-order chi connectivity index (χ1) is 9.88. The molecule has 2 aromatic rings. The number of nitro benzene ring substituents is 1. The molecule has 110 valence electrons. The molecular formula is C13H13FN4O3. The molecule has 8 heteroatoms. The van der Waals surface area contributed by atoms with Gasteiger partial charge in [-0.1, -0.05) is 0 Å². The third-order valence-electron chi connectivity index (χ3n) is 2.79. The zero-order valence-electron chi connectivity index (χ0n) is 11.4. The normalized spacial score (nSPS) is 10.7. The second kappa shape index (κ2) is 5.70. The molecule has 0 radical (unpaired) electrons. The Morgan fingerprint density at radius 2 is 2.19 bits per heavy atom. The molecule has 0 atom stereocenters. The van der Waals surface area contributed by atoms with Crippen molar-refractivity contribution in [3.05, 3.63) is 52.1 Å². The van der Waals surface area contributed by atoms with Crippen molar-refractivity contribution in [1.29, 1.82) is 0 Å². The van der Waals surface area contributed by atoms with Crippen LogP contribution >= 0.6 is 0 Å². The van der Waals surface area contributed by atoms with Crippen LogP contribution in [0.3, 0.4) is 0 Å². The number of nitrogens with one attached hydrogen (secondary N) is 1. The second-order valence-corrected chi connectivity index (χ2v) is 4.68. The van der Waals surface area contributed by atoms with E-state index in [1.54, 1.807) is 10.9 Å². The molecule has 0 aliphatic rings. The first-order valence-corrected chi connectivity index (χ1v) is 6.18. The largest absolute Gasteiger partial charge is 0.319 e. The maximum Gasteiger partial charge on any atom is 0.305 e. The SMILES string of the molecule is CC(C)n1cc(NC(=O)c2ccc(F)c([N+](=O)[O-])c2)cn1. The standard InChI is InChI=1S/C13H13FN4O3/c1-8(2)17-7-10(6-15-17)16-13(19)9-3-4-11(14)12(5-9)18(20)21/h3-8H,1-2H3,(H,16,19). The Morgan fingerprint density at radius 3 is 2.76 bits per heavy atom. The van der Waals surface area contributed by atoms with Crippen LogP contribution in [-0.4, -0.2) is 20.6 Å². The summed E-state index contributed by atoms with van der Waals surface area (Å²) in [5.41, 5.74) is -0.276. The summed E-state index contributed by atoms with van der Waals surface area (Å²) in [6.07, 6.45) is 3.11. The van der Waals surface area contributed by atoms with Crippen LogP contribution in [0.2, 0.25) is 0 Å². The van der Waals surface area contributed by atoms with E-state index in [1.165, 1.54) is 12.3 Å². The van der Waals surface area contributed by atoms with E-state index in [4.69, 9.17) is 0 Å². The molecule has 1 amide bonds. The molecule has 21 heavy (non-hydrogen) atoms. The number of nitrogens with zero attached hydrogens (tertiary/aromatic N) is 3. The van der Waals surface area contributed by atoms with Crippen LogP contribution in [-0.2, 0) is 0 Å². The number of amides is 1. The molecule has 0 spiro atoms. The number of hydrogen-bond donors (Lipinski definition) is 1. The van der Waals surface area contributed by atoms with Gasteiger partial charge in [0, 0.05) is 23.9 Å². The molecule has 7 nitrogen and oxygen atoms in total. The summed E-state index contributed by atoms with van der Waals surface area (Å²) in [5.74, 6) is -1.55. The van der Waals surface area contributed by atoms with E-state index in [2.05, 4.69) is 10.4 Å². The average Bonchev–Trinajstić information content (AvgIpc) is 2.87. The Bertz CT molecular complexity index is 696. The van der Waals surface area contributed by atoms with E-state index < -0.39 is 22.3 Å². The first kappa shape index (κ1) is 14.6. The Kier molecular flexibility index (Phi) is 3.97. The van der Waals surface area contributed by atoms with Gasteiger partial charge in [-0.3, -0.25) is 19.6 Å². The van der Waals surface area contributed by atoms with E-state index >= 15 is 0 Å². The van der Waals surface area contributed by atoms with Gasteiger partial charge in [0.2, 0.25) is 5.82 Å². The minimum Gasteiger partial charge on any atom is -0.319 e. The highest BCUT2D eigenvalue weighted by atomic mass is 19.1. The van der Waals surface area contributed by atoms with Gasteiger partial charge >= 0.3 is 5.69 Å². The van der Waals surface area contributed by atoms with Crippen LogP contribution in [0.4, 0.5) is 15.8 Å². The topological polar surface area (TPSA) is 90.1 Å². The number of hydrogen-bond acceptors (Lipinski definition) is 4. The van der Waals surface area contributed by atoms with Crippen LogP contribution in [0, 0.1) is 15.9 Å². The van der Waals surface area contributed by atoms with Crippen LogP contribution in [0.15, 0.2) is 30.6 Å². The van der Waals surface area contributed by atoms with Crippen molar-refractivity contribution < 1.29 is 14.1 Å². The fraction of sp³-hybridized carbons (Fsp3) is 0.231. The Balaban J connectivity index is 2.20. The summed E-state index contributed by atoms with van der Waals surface area (Å²) in [4.78, 5) is 21.8. The number of carbonyl (C=O) groups is 1. The highest BCUT2D eigenvalue weighted by Gasteiger charge is 2.18. The van der Waals surface area contributed by atoms with Gasteiger partial charge in [0.15, 0.2) is 0 Å². The molecule has 0 unspecified atom stereocenters. The van der Waals surface area contributed by atoms with Gasteiger partial charge in [-0.25, -0.2) is 0 Å². The lowest BCUT2D eigenvalue weighted by atomic mass is 10.2. The zero-order chi connectivity index (χ0) is 15.6. The summed E-state index contributed by atoms with van der Waals surface area (Å²) >= 11 is 0. The highest BCUT2D eigenvalue weighted by molar-refractivity contribution is 6.04. The fourth-order valence-corrected chi connectivity index (χ4v) is 1.68. The highest BCUT2D eigenvalue weighted by Crippen LogP contribution is 2.19. The summed E-state index contributed by atoms with van der Waals surface area (Å²) in [6, 6.07) is 3.12. The minimum atomic E-state index is -0.982. The van der Waals surface area contributed by atoms with Gasteiger partial charge < -0.3 is 5.32 Å². The molecule has 0 bridgehead atoms. The third kappa shape index (κ3) is 3.22. The summed E-state index contributed by atoms with van der Waals surface area (Å²) in [6.45, 7) is 3.86. The van der Waals surface area contributed by atoms with Gasteiger partial charge in [-0.15, -0.1) is 0 Å². The lowest BCUT2D eigenvalue weighted by molar-refractivity contribution is -0.387. The number of benzene rings is 1. The van der Waals surface area contributed by atoms with Gasteiger partial charge in [-0.2, -0.15) is 9.49 Å². The maximum absolute atomic E-state index is 13.2. The molecule has 2 rings (SSSR count). The molecule has 0 saturated heterocycles. The number of rotatable bonds is 4. The quantitative estimate of drug-likeness (QED) is 0.693. The van der Waals surface area contributed by atoms with Crippen molar-refractivity contribution in [2.24, 2.45) is 0 Å². The summed E-state index contributed by atoms with van der Waals surface area (Å²) in [5, 5.41) is 17.3. The maximum atomic E-state index is 13.2. The lowest BCUT2D eigenvalue weighted by Crippen LogP contribution is -2.12. The van der Waals surface area contributed by atoms with Crippen molar-refractivity contribution in [1.82, 2.24) is 9.78 Å². The Morgan fingerprint density at radius 1 is 1.48 bits per heavy atom. The molecule has 1 heterocycles. The summed E-state index contributed by atoms with van der Waals surface area (Å²) < 4.78 is 14.9. The predicted molar refractivity (Wildman–Crippen MR) is 73.6 cm³/mol. The smallest absolute Gasteiger partial charge is 0.305 e. The van der Waals surface area contributed by atoms with E-state index in [9.17, 15) is 19.3 Å². The van der Waals surface area contributed by atoms with Crippen LogP contribution in [0.25, 0.3) is 0 Å². The van der Waals surface area contributed by atoms with Crippen LogP contribution in [0.5, 0.6) is 0 Å². The van der Waals surface area contributed by atoms with E-state index in [-0.39, 0.29) is 11.6 Å². The van der Waals surface area contributed by atoms with Gasteiger partial charge in [0.1, 0.15) is 0 Å². The van der Waals surface area contributed by atoms with Crippen molar-refractivity contribution in [3.63, 3.8) is 0 Å². The van der Waals surface area contributed by atoms with Crippen molar-refractivity contribution >= 4 is 17.3 Å². The molecule has 0 aliphatic carbocycles. The van der Waals surface area contributed by atoms with Crippen LogP contribution < -0.4 is 5.32 Å². The van der Waals surface area contributed by atoms with Gasteiger partial charge in [-0.05, 0) is 26.0 Å². The summed E-state index contributed by atoms with van der Waals surface area (Å²) in [7, 11) is 0. The molecule has 0 aliphatic heterocycles. The number of aromatic nitrogens is 2. The number of anilines is 1. The molecule has 1 aromatic heterocycles. The molecular weight excluding hydrogens is 279 g/mol. The van der Waals surface area contributed by atoms with Gasteiger partial charge in [0.25, 0.3) is 5.91 Å². The number of nitro groups is 1.